The number of ether oxygens (including phenoxy) is 10. The fourth-order valence-corrected chi connectivity index (χ4v) is 16.9. The Labute approximate surface area is 476 Å². The summed E-state index contributed by atoms with van der Waals surface area (Å²) in [5, 5.41) is 150. The number of carbonyl (C=O) groups is 1. The molecule has 5 heterocycles. The molecule has 14 N–H and O–H groups in total. The highest BCUT2D eigenvalue weighted by atomic mass is 16.8. The van der Waals surface area contributed by atoms with Gasteiger partial charge in [-0.1, -0.05) is 58.4 Å². The van der Waals surface area contributed by atoms with E-state index in [1.54, 1.807) is 0 Å². The SMILES string of the molecule is C=C1CC[C@]2(C(=O)O[C@@H]3O[C@H](CO[C@@H]4O[C@H](CO)[C@@H](O[C@@H]5O[C@@H](C)[C@H](O)[C@@H](O)[C@H]5O)[C@H](O)[C@H]4O)[C@@H](O)[C@H](O)[C@H]3O)CC[C@]3(C)C(=CC[C@@H]4[C@@]5(C)CC[C@H](O[C@@H]6OC[C@H](O)[C@H](O[C@@H]7OC[C@H](O)[C@H](O)[C@H]7O)[C@H]6O)C(C)(C)[C@@H]5CC[C@]43C)[C@@H]2C1. The molecule has 82 heavy (non-hydrogen) atoms. The number of carbonyl (C=O) groups excluding carboxylic acids is 1. The predicted octanol–water partition coefficient (Wildman–Crippen LogP) is -2.38. The highest BCUT2D eigenvalue weighted by Gasteiger charge is 2.70. The van der Waals surface area contributed by atoms with Crippen LogP contribution in [0.15, 0.2) is 23.8 Å². The Hall–Kier alpha value is -1.97. The lowest BCUT2D eigenvalue weighted by Gasteiger charge is -2.71. The van der Waals surface area contributed by atoms with Crippen LogP contribution >= 0.6 is 0 Å². The van der Waals surface area contributed by atoms with Crippen molar-refractivity contribution in [3.8, 4) is 0 Å². The van der Waals surface area contributed by atoms with Crippen molar-refractivity contribution in [1.82, 2.24) is 0 Å². The number of esters is 1. The number of aliphatic hydroxyl groups excluding tert-OH is 14. The van der Waals surface area contributed by atoms with E-state index < -0.39 is 171 Å². The van der Waals surface area contributed by atoms with Gasteiger partial charge in [-0.25, -0.2) is 0 Å². The summed E-state index contributed by atoms with van der Waals surface area (Å²) in [4.78, 5) is 15.1. The van der Waals surface area contributed by atoms with Gasteiger partial charge >= 0.3 is 5.97 Å². The van der Waals surface area contributed by atoms with E-state index in [4.69, 9.17) is 47.4 Å². The van der Waals surface area contributed by atoms with Crippen LogP contribution in [-0.2, 0) is 52.2 Å². The van der Waals surface area contributed by atoms with Gasteiger partial charge in [0.2, 0.25) is 6.29 Å². The molecule has 0 aromatic carbocycles. The number of aliphatic hydroxyl groups is 14. The van der Waals surface area contributed by atoms with Crippen LogP contribution in [-0.4, -0.2) is 251 Å². The molecule has 5 aliphatic carbocycles. The average Bonchev–Trinajstić information content (AvgIpc) is 1.38. The van der Waals surface area contributed by atoms with Crippen molar-refractivity contribution in [2.24, 2.45) is 44.8 Å². The van der Waals surface area contributed by atoms with Crippen molar-refractivity contribution in [2.45, 2.75) is 253 Å². The second kappa shape index (κ2) is 23.5. The number of rotatable bonds is 12. The van der Waals surface area contributed by atoms with Gasteiger partial charge in [-0.15, -0.1) is 0 Å². The lowest BCUT2D eigenvalue weighted by Crippen LogP contribution is -2.66. The van der Waals surface area contributed by atoms with E-state index in [1.807, 2.05) is 0 Å². The zero-order chi connectivity index (χ0) is 59.5. The lowest BCUT2D eigenvalue weighted by molar-refractivity contribution is -0.361. The zero-order valence-electron chi connectivity index (χ0n) is 47.5. The molecule has 9 fully saturated rings. The highest BCUT2D eigenvalue weighted by molar-refractivity contribution is 5.79. The molecule has 0 radical (unpaired) electrons. The van der Waals surface area contributed by atoms with Crippen molar-refractivity contribution >= 4 is 5.97 Å². The number of allylic oxidation sites excluding steroid dienone is 3. The molecule has 25 nitrogen and oxygen atoms in total. The Bertz CT molecular complexity index is 2310. The minimum absolute atomic E-state index is 0.165. The van der Waals surface area contributed by atoms with E-state index in [0.717, 1.165) is 31.3 Å². The summed E-state index contributed by atoms with van der Waals surface area (Å²) < 4.78 is 58.6. The Morgan fingerprint density at radius 3 is 1.94 bits per heavy atom. The summed E-state index contributed by atoms with van der Waals surface area (Å²) in [5.41, 5.74) is -0.0485. The van der Waals surface area contributed by atoms with Gasteiger partial charge in [0.1, 0.15) is 104 Å². The topological polar surface area (TPSA) is 393 Å². The highest BCUT2D eigenvalue weighted by Crippen LogP contribution is 2.75. The number of hydrogen-bond donors (Lipinski definition) is 14. The Morgan fingerprint density at radius 2 is 1.23 bits per heavy atom. The molecule has 4 saturated carbocycles. The van der Waals surface area contributed by atoms with Gasteiger partial charge in [0.25, 0.3) is 0 Å². The van der Waals surface area contributed by atoms with Gasteiger partial charge in [0, 0.05) is 5.92 Å². The van der Waals surface area contributed by atoms with Gasteiger partial charge in [0.15, 0.2) is 25.2 Å². The molecule has 10 aliphatic rings. The Morgan fingerprint density at radius 1 is 0.610 bits per heavy atom. The lowest BCUT2D eigenvalue weighted by atomic mass is 9.34. The summed E-state index contributed by atoms with van der Waals surface area (Å²) in [7, 11) is 0. The monoisotopic (exact) mass is 1170 g/mol. The normalized spacial score (nSPS) is 54.1. The molecule has 468 valence electrons. The predicted molar refractivity (Wildman–Crippen MR) is 277 cm³/mol. The van der Waals surface area contributed by atoms with Crippen LogP contribution in [0, 0.1) is 44.8 Å². The maximum atomic E-state index is 15.1. The Kier molecular flexibility index (Phi) is 18.1. The second-order valence-corrected chi connectivity index (χ2v) is 26.8. The molecule has 31 atom stereocenters. The molecule has 0 aromatic rings. The molecule has 10 rings (SSSR count). The minimum Gasteiger partial charge on any atom is -0.432 e. The summed E-state index contributed by atoms with van der Waals surface area (Å²) >= 11 is 0. The molecule has 0 unspecified atom stereocenters. The van der Waals surface area contributed by atoms with Gasteiger partial charge in [-0.05, 0) is 105 Å². The smallest absolute Gasteiger partial charge is 0.315 e. The molecule has 0 aromatic heterocycles. The van der Waals surface area contributed by atoms with Crippen molar-refractivity contribution in [3.63, 3.8) is 0 Å². The molecule has 5 aliphatic heterocycles. The zero-order valence-corrected chi connectivity index (χ0v) is 47.5. The Balaban J connectivity index is 0.804. The summed E-state index contributed by atoms with van der Waals surface area (Å²) in [6, 6.07) is 0. The van der Waals surface area contributed by atoms with Crippen LogP contribution in [0.1, 0.15) is 106 Å². The summed E-state index contributed by atoms with van der Waals surface area (Å²) in [6.45, 7) is 15.4. The van der Waals surface area contributed by atoms with Crippen LogP contribution in [0.5, 0.6) is 0 Å². The number of hydrogen-bond acceptors (Lipinski definition) is 25. The van der Waals surface area contributed by atoms with Gasteiger partial charge in [0.05, 0.1) is 44.1 Å². The van der Waals surface area contributed by atoms with Crippen LogP contribution < -0.4 is 0 Å². The molecule has 0 bridgehead atoms. The third-order valence-electron chi connectivity index (χ3n) is 22.1. The maximum absolute atomic E-state index is 15.1. The largest absolute Gasteiger partial charge is 0.432 e. The fraction of sp³-hybridized carbons (Fsp3) is 0.912. The molecular weight excluding hydrogens is 1080 g/mol. The van der Waals surface area contributed by atoms with Gasteiger partial charge in [-0.2, -0.15) is 0 Å². The number of fused-ring (bicyclic) bond motifs is 7. The quantitative estimate of drug-likeness (QED) is 0.0551. The van der Waals surface area contributed by atoms with E-state index in [-0.39, 0.29) is 53.3 Å². The van der Waals surface area contributed by atoms with Crippen LogP contribution in [0.2, 0.25) is 0 Å². The van der Waals surface area contributed by atoms with E-state index >= 15 is 4.79 Å². The first-order valence-electron chi connectivity index (χ1n) is 29.4. The molecule has 0 spiro atoms. The van der Waals surface area contributed by atoms with Crippen molar-refractivity contribution < 1.29 is 124 Å². The first-order valence-corrected chi connectivity index (χ1v) is 29.4. The van der Waals surface area contributed by atoms with E-state index in [1.165, 1.54) is 12.5 Å². The molecule has 0 amide bonds. The van der Waals surface area contributed by atoms with E-state index in [2.05, 4.69) is 47.3 Å². The van der Waals surface area contributed by atoms with Crippen molar-refractivity contribution in [1.29, 1.82) is 0 Å². The van der Waals surface area contributed by atoms with Crippen molar-refractivity contribution in [2.75, 3.05) is 26.4 Å². The van der Waals surface area contributed by atoms with Gasteiger partial charge < -0.3 is 119 Å². The fourth-order valence-electron chi connectivity index (χ4n) is 16.9. The van der Waals surface area contributed by atoms with Crippen LogP contribution in [0.3, 0.4) is 0 Å². The van der Waals surface area contributed by atoms with Crippen LogP contribution in [0.25, 0.3) is 0 Å². The van der Waals surface area contributed by atoms with Crippen molar-refractivity contribution in [3.05, 3.63) is 23.8 Å². The third-order valence-corrected chi connectivity index (χ3v) is 22.1. The molecular formula is C57H90O25. The average molecular weight is 1180 g/mol. The molecule has 25 heteroatoms. The minimum atomic E-state index is -1.89. The summed E-state index contributed by atoms with van der Waals surface area (Å²) in [5.74, 6) is -0.537. The third kappa shape index (κ3) is 10.5. The first kappa shape index (κ1) is 63.1. The van der Waals surface area contributed by atoms with Gasteiger partial charge in [-0.3, -0.25) is 4.79 Å². The van der Waals surface area contributed by atoms with E-state index in [0.29, 0.717) is 38.5 Å². The second-order valence-electron chi connectivity index (χ2n) is 26.8. The first-order chi connectivity index (χ1) is 38.5. The maximum Gasteiger partial charge on any atom is 0.315 e. The van der Waals surface area contributed by atoms with E-state index in [9.17, 15) is 71.5 Å². The summed E-state index contributed by atoms with van der Waals surface area (Å²) in [6.07, 6.45) is -27.4. The molecule has 5 saturated heterocycles. The van der Waals surface area contributed by atoms with Crippen LogP contribution in [0.4, 0.5) is 0 Å². The standard InChI is InChI=1S/C57H90O25/c1-23-10-15-57(52(72)82-51-42(69)38(65)36(63)30(78-51)22-75-47-43(70)39(66)46(29(19-58)77-47)81-50-41(68)37(64)34(61)24(2)76-50)17-16-55(6)25(26(57)18-23)8-9-32-54(5)13-12-33(53(3,4)31(54)11-14-56(32,55)7)79-49-44(71)45(28(60)21-74-49)80-48-40(67)35(62)27(59)20-73-48/h8,24,26-51,58-71H,1,9-22H2,2-7H3/t24-,26-,27-,28-,29+,30+,31-,32+,33-,34-,35-,36+,37+,38-,39+,40+,41+,42+,43+,44+,45-,46+,47+,48-,49-,50-,51-,54-,55+,56+,57-/m0/s1.